The molecular formula is C25H23ClN4O4. The summed E-state index contributed by atoms with van der Waals surface area (Å²) < 4.78 is 1.19. The van der Waals surface area contributed by atoms with Crippen LogP contribution in [0, 0.1) is 5.92 Å². The number of hydroxylamine groups is 1. The van der Waals surface area contributed by atoms with Gasteiger partial charge in [0, 0.05) is 17.5 Å². The highest BCUT2D eigenvalue weighted by Gasteiger charge is 2.23. The SMILES string of the molecule is O=C(NO)C(CCn1nnc2ccccc2c1=O)CC(O)c1ccc(-c2ccc(Cl)cc2)cc1. The van der Waals surface area contributed by atoms with Crippen molar-refractivity contribution in [3.8, 4) is 11.1 Å². The summed E-state index contributed by atoms with van der Waals surface area (Å²) >= 11 is 5.94. The molecule has 8 nitrogen and oxygen atoms in total. The molecule has 1 heterocycles. The van der Waals surface area contributed by atoms with Gasteiger partial charge in [-0.05, 0) is 53.8 Å². The Hall–Kier alpha value is -3.59. The highest BCUT2D eigenvalue weighted by atomic mass is 35.5. The van der Waals surface area contributed by atoms with Crippen molar-refractivity contribution in [2.75, 3.05) is 0 Å². The third kappa shape index (κ3) is 5.31. The number of fused-ring (bicyclic) bond motifs is 1. The van der Waals surface area contributed by atoms with E-state index in [0.29, 0.717) is 21.5 Å². The molecule has 0 fully saturated rings. The molecule has 0 aliphatic heterocycles. The summed E-state index contributed by atoms with van der Waals surface area (Å²) in [6.07, 6.45) is -0.706. The second kappa shape index (κ2) is 10.6. The minimum Gasteiger partial charge on any atom is -0.388 e. The Morgan fingerprint density at radius 2 is 1.65 bits per heavy atom. The molecule has 4 rings (SSSR count). The number of carbonyl (C=O) groups excluding carboxylic acids is 1. The van der Waals surface area contributed by atoms with Crippen molar-refractivity contribution >= 4 is 28.4 Å². The second-order valence-electron chi connectivity index (χ2n) is 7.98. The first kappa shape index (κ1) is 23.6. The lowest BCUT2D eigenvalue weighted by Gasteiger charge is -2.19. The van der Waals surface area contributed by atoms with E-state index in [1.807, 2.05) is 36.4 Å². The molecule has 0 saturated carbocycles. The number of aryl methyl sites for hydroxylation is 1. The van der Waals surface area contributed by atoms with Gasteiger partial charge in [-0.3, -0.25) is 14.8 Å². The van der Waals surface area contributed by atoms with E-state index >= 15 is 0 Å². The zero-order valence-corrected chi connectivity index (χ0v) is 18.9. The predicted octanol–water partition coefficient (Wildman–Crippen LogP) is 3.75. The zero-order chi connectivity index (χ0) is 24.1. The first-order valence-electron chi connectivity index (χ1n) is 10.8. The molecule has 3 N–H and O–H groups in total. The van der Waals surface area contributed by atoms with Crippen LogP contribution in [0.15, 0.2) is 77.6 Å². The van der Waals surface area contributed by atoms with Crippen LogP contribution in [0.5, 0.6) is 0 Å². The van der Waals surface area contributed by atoms with E-state index in [0.717, 1.165) is 11.1 Å². The van der Waals surface area contributed by atoms with Crippen LogP contribution in [0.4, 0.5) is 0 Å². The number of hydrogen-bond acceptors (Lipinski definition) is 6. The molecule has 34 heavy (non-hydrogen) atoms. The Balaban J connectivity index is 1.46. The van der Waals surface area contributed by atoms with Gasteiger partial charge in [-0.25, -0.2) is 10.2 Å². The van der Waals surface area contributed by atoms with Crippen LogP contribution >= 0.6 is 11.6 Å². The molecule has 4 aromatic rings. The third-order valence-electron chi connectivity index (χ3n) is 5.78. The fraction of sp³-hybridized carbons (Fsp3) is 0.200. The molecule has 174 valence electrons. The van der Waals surface area contributed by atoms with Gasteiger partial charge < -0.3 is 5.11 Å². The molecule has 1 aromatic heterocycles. The lowest BCUT2D eigenvalue weighted by atomic mass is 9.92. The average Bonchev–Trinajstić information content (AvgIpc) is 2.87. The van der Waals surface area contributed by atoms with Crippen molar-refractivity contribution < 1.29 is 15.1 Å². The van der Waals surface area contributed by atoms with E-state index in [2.05, 4.69) is 10.3 Å². The van der Waals surface area contributed by atoms with E-state index in [-0.39, 0.29) is 24.9 Å². The number of benzene rings is 3. The molecule has 0 aliphatic rings. The molecule has 2 atom stereocenters. The van der Waals surface area contributed by atoms with Crippen molar-refractivity contribution in [2.24, 2.45) is 5.92 Å². The number of rotatable bonds is 8. The van der Waals surface area contributed by atoms with E-state index < -0.39 is 17.9 Å². The Kier molecular flexibility index (Phi) is 7.32. The number of aromatic nitrogens is 3. The molecule has 9 heteroatoms. The Morgan fingerprint density at radius 1 is 1.00 bits per heavy atom. The molecule has 3 aromatic carbocycles. The summed E-state index contributed by atoms with van der Waals surface area (Å²) in [6, 6.07) is 21.7. The predicted molar refractivity (Wildman–Crippen MR) is 128 cm³/mol. The number of nitrogens with one attached hydrogen (secondary N) is 1. The summed E-state index contributed by atoms with van der Waals surface area (Å²) in [5, 5.41) is 29.0. The molecule has 0 bridgehead atoms. The minimum atomic E-state index is -0.944. The first-order valence-corrected chi connectivity index (χ1v) is 11.1. The molecule has 0 spiro atoms. The summed E-state index contributed by atoms with van der Waals surface area (Å²) in [5.74, 6) is -1.39. The standard InChI is InChI=1S/C25H23ClN4O4/c26-20-11-9-17(10-12-20)16-5-7-18(8-6-16)23(31)15-19(24(32)28-34)13-14-30-25(33)21-3-1-2-4-22(21)27-29-30/h1-12,19,23,31,34H,13-15H2,(H,28,32). The number of halogens is 1. The van der Waals surface area contributed by atoms with Crippen LogP contribution in [0.2, 0.25) is 5.02 Å². The topological polar surface area (TPSA) is 117 Å². The fourth-order valence-corrected chi connectivity index (χ4v) is 3.97. The third-order valence-corrected chi connectivity index (χ3v) is 6.03. The van der Waals surface area contributed by atoms with Gasteiger partial charge in [0.15, 0.2) is 0 Å². The van der Waals surface area contributed by atoms with Gasteiger partial charge in [-0.1, -0.05) is 65.3 Å². The maximum Gasteiger partial charge on any atom is 0.277 e. The van der Waals surface area contributed by atoms with Crippen molar-refractivity contribution in [2.45, 2.75) is 25.5 Å². The van der Waals surface area contributed by atoms with Gasteiger partial charge in [0.2, 0.25) is 5.91 Å². The molecule has 0 radical (unpaired) electrons. The van der Waals surface area contributed by atoms with E-state index in [1.165, 1.54) is 4.68 Å². The number of carbonyl (C=O) groups is 1. The van der Waals surface area contributed by atoms with Crippen LogP contribution in [0.3, 0.4) is 0 Å². The maximum atomic E-state index is 12.6. The Morgan fingerprint density at radius 3 is 2.32 bits per heavy atom. The highest BCUT2D eigenvalue weighted by Crippen LogP contribution is 2.27. The lowest BCUT2D eigenvalue weighted by molar-refractivity contribution is -0.134. The van der Waals surface area contributed by atoms with E-state index in [9.17, 15) is 19.9 Å². The normalized spacial score (nSPS) is 12.9. The zero-order valence-electron chi connectivity index (χ0n) is 18.1. The van der Waals surface area contributed by atoms with E-state index in [1.54, 1.807) is 41.9 Å². The maximum absolute atomic E-state index is 12.6. The minimum absolute atomic E-state index is 0.0580. The number of nitrogens with zero attached hydrogens (tertiary/aromatic N) is 3. The number of aliphatic hydroxyl groups is 1. The van der Waals surface area contributed by atoms with Gasteiger partial charge in [0.25, 0.3) is 5.56 Å². The summed E-state index contributed by atoms with van der Waals surface area (Å²) in [4.78, 5) is 24.9. The molecule has 0 aliphatic carbocycles. The molecular weight excluding hydrogens is 456 g/mol. The van der Waals surface area contributed by atoms with E-state index in [4.69, 9.17) is 11.6 Å². The summed E-state index contributed by atoms with van der Waals surface area (Å²) in [7, 11) is 0. The van der Waals surface area contributed by atoms with Crippen LogP contribution in [-0.4, -0.2) is 31.2 Å². The van der Waals surface area contributed by atoms with Crippen LogP contribution in [0.25, 0.3) is 22.0 Å². The Labute approximate surface area is 200 Å². The van der Waals surface area contributed by atoms with Gasteiger partial charge in [-0.15, -0.1) is 5.10 Å². The molecule has 1 amide bonds. The van der Waals surface area contributed by atoms with Gasteiger partial charge in [-0.2, -0.15) is 0 Å². The number of aliphatic hydroxyl groups excluding tert-OH is 1. The molecule has 0 saturated heterocycles. The van der Waals surface area contributed by atoms with Crippen LogP contribution in [0.1, 0.15) is 24.5 Å². The monoisotopic (exact) mass is 478 g/mol. The van der Waals surface area contributed by atoms with Crippen molar-refractivity contribution in [1.29, 1.82) is 0 Å². The lowest BCUT2D eigenvalue weighted by Crippen LogP contribution is -2.32. The van der Waals surface area contributed by atoms with Crippen molar-refractivity contribution in [3.63, 3.8) is 0 Å². The van der Waals surface area contributed by atoms with Crippen molar-refractivity contribution in [3.05, 3.63) is 93.7 Å². The van der Waals surface area contributed by atoms with Crippen LogP contribution < -0.4 is 11.0 Å². The van der Waals surface area contributed by atoms with Gasteiger partial charge >= 0.3 is 0 Å². The largest absolute Gasteiger partial charge is 0.388 e. The highest BCUT2D eigenvalue weighted by molar-refractivity contribution is 6.30. The smallest absolute Gasteiger partial charge is 0.277 e. The average molecular weight is 479 g/mol. The Bertz CT molecular complexity index is 1340. The summed E-state index contributed by atoms with van der Waals surface area (Å²) in [6.45, 7) is 0.108. The number of hydrogen-bond donors (Lipinski definition) is 3. The number of amides is 1. The fourth-order valence-electron chi connectivity index (χ4n) is 3.84. The quantitative estimate of drug-likeness (QED) is 0.262. The van der Waals surface area contributed by atoms with Gasteiger partial charge in [0.1, 0.15) is 5.52 Å². The molecule has 2 unspecified atom stereocenters. The van der Waals surface area contributed by atoms with Gasteiger partial charge in [0.05, 0.1) is 11.5 Å². The van der Waals surface area contributed by atoms with Crippen LogP contribution in [-0.2, 0) is 11.3 Å². The second-order valence-corrected chi connectivity index (χ2v) is 8.41. The van der Waals surface area contributed by atoms with Crippen molar-refractivity contribution in [1.82, 2.24) is 20.5 Å². The summed E-state index contributed by atoms with van der Waals surface area (Å²) in [5.41, 5.74) is 4.42. The first-order chi connectivity index (χ1) is 16.5.